The molecule has 0 aliphatic carbocycles. The Kier molecular flexibility index (Phi) is 5.43. The zero-order chi connectivity index (χ0) is 18.7. The second-order valence-corrected chi connectivity index (χ2v) is 8.08. The number of hydrogen-bond acceptors (Lipinski definition) is 6. The molecule has 0 atom stereocenters. The van der Waals surface area contributed by atoms with Crippen molar-refractivity contribution in [2.24, 2.45) is 0 Å². The Morgan fingerprint density at radius 3 is 2.54 bits per heavy atom. The molecule has 2 aromatic heterocycles. The molecule has 2 amide bonds. The van der Waals surface area contributed by atoms with Crippen LogP contribution >= 0.6 is 22.7 Å². The smallest absolute Gasteiger partial charge is 0.226 e. The van der Waals surface area contributed by atoms with E-state index in [1.807, 2.05) is 19.1 Å². The summed E-state index contributed by atoms with van der Waals surface area (Å²) in [5.41, 5.74) is 1.42. The summed E-state index contributed by atoms with van der Waals surface area (Å²) in [5, 5.41) is 5.93. The number of carbonyl (C=O) groups is 3. The first-order valence-electron chi connectivity index (χ1n) is 7.98. The monoisotopic (exact) mass is 387 g/mol. The van der Waals surface area contributed by atoms with Gasteiger partial charge in [-0.05, 0) is 37.3 Å². The minimum atomic E-state index is -0.243. The minimum absolute atomic E-state index is 0.0255. The van der Waals surface area contributed by atoms with Crippen molar-refractivity contribution in [1.29, 1.82) is 0 Å². The van der Waals surface area contributed by atoms with Crippen molar-refractivity contribution >= 4 is 61.3 Å². The molecule has 2 heterocycles. The number of rotatable bonds is 6. The highest BCUT2D eigenvalue weighted by molar-refractivity contribution is 7.22. The summed E-state index contributed by atoms with van der Waals surface area (Å²) >= 11 is 2.76. The fraction of sp³-hybridized carbons (Fsp3) is 0.222. The van der Waals surface area contributed by atoms with Gasteiger partial charge in [0.2, 0.25) is 11.8 Å². The predicted octanol–water partition coefficient (Wildman–Crippen LogP) is 4.23. The van der Waals surface area contributed by atoms with Gasteiger partial charge in [-0.1, -0.05) is 11.3 Å². The van der Waals surface area contributed by atoms with E-state index in [9.17, 15) is 14.4 Å². The standard InChI is InChI=1S/C18H17N3O3S2/c1-10-3-7-15(25-10)14(23)6-8-17(24)21-18-20-13-5-4-12(19-11(2)22)9-16(13)26-18/h3-5,7,9H,6,8H2,1-2H3,(H,19,22)(H,20,21,24). The Hall–Kier alpha value is -2.58. The van der Waals surface area contributed by atoms with E-state index in [4.69, 9.17) is 0 Å². The van der Waals surface area contributed by atoms with Gasteiger partial charge in [0.25, 0.3) is 0 Å². The molecule has 0 bridgehead atoms. The predicted molar refractivity (Wildman–Crippen MR) is 105 cm³/mol. The lowest BCUT2D eigenvalue weighted by atomic mass is 10.2. The van der Waals surface area contributed by atoms with Gasteiger partial charge in [0, 0.05) is 30.3 Å². The number of nitrogens with zero attached hydrogens (tertiary/aromatic N) is 1. The highest BCUT2D eigenvalue weighted by atomic mass is 32.1. The number of benzene rings is 1. The summed E-state index contributed by atoms with van der Waals surface area (Å²) in [4.78, 5) is 41.4. The zero-order valence-corrected chi connectivity index (χ0v) is 15.9. The van der Waals surface area contributed by atoms with Crippen LogP contribution in [-0.4, -0.2) is 22.6 Å². The Labute approximate surface area is 158 Å². The number of aromatic nitrogens is 1. The van der Waals surface area contributed by atoms with E-state index in [1.54, 1.807) is 18.2 Å². The molecule has 0 unspecified atom stereocenters. The normalized spacial score (nSPS) is 10.7. The van der Waals surface area contributed by atoms with Gasteiger partial charge in [0.1, 0.15) is 0 Å². The number of anilines is 2. The lowest BCUT2D eigenvalue weighted by Crippen LogP contribution is -2.12. The molecule has 6 nitrogen and oxygen atoms in total. The van der Waals surface area contributed by atoms with E-state index in [-0.39, 0.29) is 30.4 Å². The minimum Gasteiger partial charge on any atom is -0.326 e. The molecule has 3 rings (SSSR count). The Balaban J connectivity index is 1.60. The first-order chi connectivity index (χ1) is 12.4. The fourth-order valence-corrected chi connectivity index (χ4v) is 4.13. The molecular weight excluding hydrogens is 370 g/mol. The number of Topliss-reactive ketones (excluding diaryl/α,β-unsaturated/α-hetero) is 1. The second kappa shape index (κ2) is 7.76. The molecular formula is C18H17N3O3S2. The van der Waals surface area contributed by atoms with Gasteiger partial charge < -0.3 is 10.6 Å². The van der Waals surface area contributed by atoms with Gasteiger partial charge in [0.15, 0.2) is 10.9 Å². The van der Waals surface area contributed by atoms with Gasteiger partial charge in [-0.25, -0.2) is 4.98 Å². The van der Waals surface area contributed by atoms with Crippen LogP contribution in [0.3, 0.4) is 0 Å². The van der Waals surface area contributed by atoms with E-state index in [0.29, 0.717) is 15.7 Å². The van der Waals surface area contributed by atoms with Crippen molar-refractivity contribution in [2.45, 2.75) is 26.7 Å². The van der Waals surface area contributed by atoms with Crippen LogP contribution in [0.1, 0.15) is 34.3 Å². The van der Waals surface area contributed by atoms with Gasteiger partial charge in [0.05, 0.1) is 15.1 Å². The molecule has 8 heteroatoms. The molecule has 26 heavy (non-hydrogen) atoms. The van der Waals surface area contributed by atoms with E-state index < -0.39 is 0 Å². The summed E-state index contributed by atoms with van der Waals surface area (Å²) in [7, 11) is 0. The molecule has 1 aromatic carbocycles. The average Bonchev–Trinajstić information content (AvgIpc) is 3.17. The van der Waals surface area contributed by atoms with Crippen LogP contribution in [0.4, 0.5) is 10.8 Å². The highest BCUT2D eigenvalue weighted by Crippen LogP contribution is 2.28. The van der Waals surface area contributed by atoms with E-state index in [0.717, 1.165) is 15.1 Å². The summed E-state index contributed by atoms with van der Waals surface area (Å²) in [6.07, 6.45) is 0.284. The molecule has 0 radical (unpaired) electrons. The number of thiazole rings is 1. The molecule has 3 aromatic rings. The first-order valence-corrected chi connectivity index (χ1v) is 9.61. The van der Waals surface area contributed by atoms with Crippen molar-refractivity contribution in [3.05, 3.63) is 40.1 Å². The van der Waals surface area contributed by atoms with Crippen LogP contribution in [-0.2, 0) is 9.59 Å². The number of hydrogen-bond donors (Lipinski definition) is 2. The van der Waals surface area contributed by atoms with Crippen LogP contribution in [0.25, 0.3) is 10.2 Å². The van der Waals surface area contributed by atoms with Crippen molar-refractivity contribution in [3.8, 4) is 0 Å². The summed E-state index contributed by atoms with van der Waals surface area (Å²) < 4.78 is 0.858. The van der Waals surface area contributed by atoms with Crippen molar-refractivity contribution in [2.75, 3.05) is 10.6 Å². The molecule has 0 aliphatic rings. The fourth-order valence-electron chi connectivity index (χ4n) is 2.38. The number of fused-ring (bicyclic) bond motifs is 1. The number of nitrogens with one attached hydrogen (secondary N) is 2. The number of thiophene rings is 1. The van der Waals surface area contributed by atoms with Crippen LogP contribution in [0.2, 0.25) is 0 Å². The molecule has 134 valence electrons. The highest BCUT2D eigenvalue weighted by Gasteiger charge is 2.13. The van der Waals surface area contributed by atoms with E-state index in [1.165, 1.54) is 29.6 Å². The number of aryl methyl sites for hydroxylation is 1. The summed E-state index contributed by atoms with van der Waals surface area (Å²) in [5.74, 6) is -0.414. The van der Waals surface area contributed by atoms with Crippen molar-refractivity contribution < 1.29 is 14.4 Å². The van der Waals surface area contributed by atoms with Gasteiger partial charge in [-0.2, -0.15) is 0 Å². The quantitative estimate of drug-likeness (QED) is 0.620. The maximum Gasteiger partial charge on any atom is 0.226 e. The molecule has 2 N–H and O–H groups in total. The van der Waals surface area contributed by atoms with Crippen LogP contribution in [0.5, 0.6) is 0 Å². The molecule has 0 spiro atoms. The van der Waals surface area contributed by atoms with Crippen LogP contribution in [0, 0.1) is 6.92 Å². The van der Waals surface area contributed by atoms with E-state index in [2.05, 4.69) is 15.6 Å². The topological polar surface area (TPSA) is 88.2 Å². The summed E-state index contributed by atoms with van der Waals surface area (Å²) in [6.45, 7) is 3.39. The maximum atomic E-state index is 12.1. The Bertz CT molecular complexity index is 991. The number of carbonyl (C=O) groups excluding carboxylic acids is 3. The maximum absolute atomic E-state index is 12.1. The summed E-state index contributed by atoms with van der Waals surface area (Å²) in [6, 6.07) is 9.05. The van der Waals surface area contributed by atoms with Gasteiger partial charge in [-0.15, -0.1) is 11.3 Å². The van der Waals surface area contributed by atoms with E-state index >= 15 is 0 Å². The Morgan fingerprint density at radius 1 is 1.04 bits per heavy atom. The third-order valence-corrected chi connectivity index (χ3v) is 5.52. The number of amides is 2. The largest absolute Gasteiger partial charge is 0.326 e. The second-order valence-electron chi connectivity index (χ2n) is 5.76. The third kappa shape index (κ3) is 4.53. The van der Waals surface area contributed by atoms with Crippen LogP contribution in [0.15, 0.2) is 30.3 Å². The van der Waals surface area contributed by atoms with Crippen LogP contribution < -0.4 is 10.6 Å². The van der Waals surface area contributed by atoms with Gasteiger partial charge >= 0.3 is 0 Å². The molecule has 0 saturated heterocycles. The molecule has 0 saturated carbocycles. The number of ketones is 1. The molecule has 0 fully saturated rings. The lowest BCUT2D eigenvalue weighted by Gasteiger charge is -2.00. The zero-order valence-electron chi connectivity index (χ0n) is 14.3. The van der Waals surface area contributed by atoms with Crippen molar-refractivity contribution in [3.63, 3.8) is 0 Å². The third-order valence-electron chi connectivity index (χ3n) is 3.55. The Morgan fingerprint density at radius 2 is 1.85 bits per heavy atom. The SMILES string of the molecule is CC(=O)Nc1ccc2nc(NC(=O)CCC(=O)c3ccc(C)s3)sc2c1. The first kappa shape index (κ1) is 18.2. The van der Waals surface area contributed by atoms with Crippen molar-refractivity contribution in [1.82, 2.24) is 4.98 Å². The average molecular weight is 387 g/mol. The van der Waals surface area contributed by atoms with Gasteiger partial charge in [-0.3, -0.25) is 14.4 Å². The molecule has 0 aliphatic heterocycles. The lowest BCUT2D eigenvalue weighted by molar-refractivity contribution is -0.116.